The fraction of sp³-hybridized carbons (Fsp3) is 0.941. The van der Waals surface area contributed by atoms with Crippen LogP contribution in [0.15, 0.2) is 4.99 Å². The average molecular weight is 294 g/mol. The number of hydrogen-bond donors (Lipinski definition) is 1. The zero-order valence-corrected chi connectivity index (χ0v) is 14.7. The van der Waals surface area contributed by atoms with Gasteiger partial charge in [0.1, 0.15) is 0 Å². The quantitative estimate of drug-likeness (QED) is 0.640. The van der Waals surface area contributed by atoms with E-state index in [-0.39, 0.29) is 0 Å². The van der Waals surface area contributed by atoms with Crippen LogP contribution in [-0.4, -0.2) is 62.1 Å². The Morgan fingerprint density at radius 1 is 1.24 bits per heavy atom. The molecule has 2 fully saturated rings. The highest BCUT2D eigenvalue weighted by Crippen LogP contribution is 2.28. The number of likely N-dealkylation sites (tertiary alicyclic amines) is 2. The number of nitrogens with one attached hydrogen (secondary N) is 1. The van der Waals surface area contributed by atoms with Gasteiger partial charge in [-0.15, -0.1) is 0 Å². The Kier molecular flexibility index (Phi) is 5.53. The minimum absolute atomic E-state index is 0.426. The van der Waals surface area contributed by atoms with Gasteiger partial charge in [-0.1, -0.05) is 27.7 Å². The molecule has 0 saturated carbocycles. The van der Waals surface area contributed by atoms with E-state index in [2.05, 4.69) is 47.8 Å². The maximum Gasteiger partial charge on any atom is 0.193 e. The third-order valence-electron chi connectivity index (χ3n) is 4.84. The van der Waals surface area contributed by atoms with Crippen molar-refractivity contribution in [1.29, 1.82) is 0 Å². The summed E-state index contributed by atoms with van der Waals surface area (Å²) < 4.78 is 0. The summed E-state index contributed by atoms with van der Waals surface area (Å²) in [4.78, 5) is 9.47. The van der Waals surface area contributed by atoms with Crippen LogP contribution in [0, 0.1) is 17.3 Å². The van der Waals surface area contributed by atoms with Crippen LogP contribution in [0.25, 0.3) is 0 Å². The molecular weight excluding hydrogens is 260 g/mol. The van der Waals surface area contributed by atoms with Gasteiger partial charge in [0.2, 0.25) is 0 Å². The van der Waals surface area contributed by atoms with E-state index in [0.29, 0.717) is 5.41 Å². The fourth-order valence-electron chi connectivity index (χ4n) is 3.93. The van der Waals surface area contributed by atoms with E-state index in [9.17, 15) is 0 Å². The first-order valence-corrected chi connectivity index (χ1v) is 8.57. The second-order valence-corrected chi connectivity index (χ2v) is 8.02. The van der Waals surface area contributed by atoms with E-state index in [1.807, 2.05) is 7.05 Å². The van der Waals surface area contributed by atoms with E-state index in [4.69, 9.17) is 0 Å². The van der Waals surface area contributed by atoms with E-state index < -0.39 is 0 Å². The molecule has 122 valence electrons. The Morgan fingerprint density at radius 2 is 1.90 bits per heavy atom. The molecule has 2 unspecified atom stereocenters. The Bertz CT molecular complexity index is 354. The highest BCUT2D eigenvalue weighted by Gasteiger charge is 2.30. The van der Waals surface area contributed by atoms with Gasteiger partial charge < -0.3 is 15.1 Å². The van der Waals surface area contributed by atoms with Crippen LogP contribution in [0.4, 0.5) is 0 Å². The Balaban J connectivity index is 1.74. The van der Waals surface area contributed by atoms with Gasteiger partial charge in [-0.25, -0.2) is 0 Å². The molecule has 2 saturated heterocycles. The second kappa shape index (κ2) is 6.99. The van der Waals surface area contributed by atoms with Crippen LogP contribution in [0.3, 0.4) is 0 Å². The van der Waals surface area contributed by atoms with Gasteiger partial charge in [0, 0.05) is 46.3 Å². The number of nitrogens with zero attached hydrogens (tertiary/aromatic N) is 3. The van der Waals surface area contributed by atoms with Crippen LogP contribution < -0.4 is 5.32 Å². The van der Waals surface area contributed by atoms with Crippen molar-refractivity contribution in [2.24, 2.45) is 22.2 Å². The van der Waals surface area contributed by atoms with Crippen LogP contribution in [0.1, 0.15) is 40.5 Å². The molecule has 1 N–H and O–H groups in total. The Morgan fingerprint density at radius 3 is 2.43 bits per heavy atom. The summed E-state index contributed by atoms with van der Waals surface area (Å²) in [7, 11) is 1.90. The van der Waals surface area contributed by atoms with Crippen LogP contribution >= 0.6 is 0 Å². The van der Waals surface area contributed by atoms with Crippen LogP contribution in [0.5, 0.6) is 0 Å². The van der Waals surface area contributed by atoms with Crippen molar-refractivity contribution in [3.05, 3.63) is 0 Å². The van der Waals surface area contributed by atoms with Crippen molar-refractivity contribution < 1.29 is 0 Å². The fourth-order valence-corrected chi connectivity index (χ4v) is 3.93. The predicted octanol–water partition coefficient (Wildman–Crippen LogP) is 2.27. The summed E-state index contributed by atoms with van der Waals surface area (Å²) in [5.41, 5.74) is 0.426. The summed E-state index contributed by atoms with van der Waals surface area (Å²) in [5, 5.41) is 3.56. The molecule has 0 spiro atoms. The minimum Gasteiger partial charge on any atom is -0.355 e. The van der Waals surface area contributed by atoms with Gasteiger partial charge in [0.05, 0.1) is 0 Å². The molecule has 0 aromatic heterocycles. The second-order valence-electron chi connectivity index (χ2n) is 8.02. The van der Waals surface area contributed by atoms with Gasteiger partial charge in [-0.05, 0) is 30.1 Å². The molecule has 2 atom stereocenters. The number of aliphatic imine (C=N–C) groups is 1. The van der Waals surface area contributed by atoms with Crippen molar-refractivity contribution in [2.45, 2.75) is 40.5 Å². The van der Waals surface area contributed by atoms with Crippen molar-refractivity contribution in [2.75, 3.05) is 46.3 Å². The van der Waals surface area contributed by atoms with Gasteiger partial charge in [0.25, 0.3) is 0 Å². The first-order valence-electron chi connectivity index (χ1n) is 8.57. The molecule has 21 heavy (non-hydrogen) atoms. The topological polar surface area (TPSA) is 30.9 Å². The average Bonchev–Trinajstić information content (AvgIpc) is 2.74. The van der Waals surface area contributed by atoms with Crippen LogP contribution in [0.2, 0.25) is 0 Å². The summed E-state index contributed by atoms with van der Waals surface area (Å²) in [5.74, 6) is 2.76. The molecule has 0 aromatic carbocycles. The lowest BCUT2D eigenvalue weighted by atomic mass is 9.92. The first kappa shape index (κ1) is 16.6. The summed E-state index contributed by atoms with van der Waals surface area (Å²) in [6.45, 7) is 16.3. The molecule has 0 aliphatic carbocycles. The minimum atomic E-state index is 0.426. The first-order chi connectivity index (χ1) is 9.89. The lowest BCUT2D eigenvalue weighted by Gasteiger charge is -2.35. The third kappa shape index (κ3) is 4.87. The van der Waals surface area contributed by atoms with Crippen molar-refractivity contribution in [3.63, 3.8) is 0 Å². The van der Waals surface area contributed by atoms with Crippen molar-refractivity contribution >= 4 is 5.96 Å². The largest absolute Gasteiger partial charge is 0.355 e. The molecule has 2 aliphatic rings. The molecule has 0 radical (unpaired) electrons. The maximum atomic E-state index is 4.46. The molecule has 4 nitrogen and oxygen atoms in total. The smallest absolute Gasteiger partial charge is 0.193 e. The molecule has 0 aromatic rings. The van der Waals surface area contributed by atoms with Gasteiger partial charge >= 0.3 is 0 Å². The lowest BCUT2D eigenvalue weighted by molar-refractivity contribution is 0.143. The van der Waals surface area contributed by atoms with Gasteiger partial charge in [-0.2, -0.15) is 0 Å². The number of guanidine groups is 1. The molecule has 2 heterocycles. The van der Waals surface area contributed by atoms with E-state index >= 15 is 0 Å². The molecule has 2 aliphatic heterocycles. The third-order valence-corrected chi connectivity index (χ3v) is 4.84. The zero-order chi connectivity index (χ0) is 15.5. The molecular formula is C17H34N4. The van der Waals surface area contributed by atoms with E-state index in [1.165, 1.54) is 25.9 Å². The highest BCUT2D eigenvalue weighted by atomic mass is 15.3. The lowest BCUT2D eigenvalue weighted by Crippen LogP contribution is -2.46. The number of rotatable bonds is 3. The zero-order valence-electron chi connectivity index (χ0n) is 14.7. The monoisotopic (exact) mass is 294 g/mol. The summed E-state index contributed by atoms with van der Waals surface area (Å²) in [6, 6.07) is 0. The van der Waals surface area contributed by atoms with Gasteiger partial charge in [-0.3, -0.25) is 4.99 Å². The standard InChI is InChI=1S/C17H34N4/c1-14-10-15(2)12-20(11-14)9-7-19-16(18-5)21-8-6-17(3,4)13-21/h14-15H,6-13H2,1-5H3,(H,18,19). The highest BCUT2D eigenvalue weighted by molar-refractivity contribution is 5.80. The molecule has 2 rings (SSSR count). The van der Waals surface area contributed by atoms with E-state index in [1.54, 1.807) is 0 Å². The predicted molar refractivity (Wildman–Crippen MR) is 90.7 cm³/mol. The van der Waals surface area contributed by atoms with Crippen LogP contribution in [-0.2, 0) is 0 Å². The maximum absolute atomic E-state index is 4.46. The van der Waals surface area contributed by atoms with E-state index in [0.717, 1.165) is 44.0 Å². The SMILES string of the molecule is CN=C(NCCN1CC(C)CC(C)C1)N1CCC(C)(C)C1. The summed E-state index contributed by atoms with van der Waals surface area (Å²) in [6.07, 6.45) is 2.64. The van der Waals surface area contributed by atoms with Crippen molar-refractivity contribution in [3.8, 4) is 0 Å². The number of piperidine rings is 1. The number of hydrogen-bond acceptors (Lipinski definition) is 2. The molecule has 4 heteroatoms. The molecule has 0 amide bonds. The summed E-state index contributed by atoms with van der Waals surface area (Å²) >= 11 is 0. The Hall–Kier alpha value is -0.770. The van der Waals surface area contributed by atoms with Gasteiger partial charge in [0.15, 0.2) is 5.96 Å². The van der Waals surface area contributed by atoms with Crippen molar-refractivity contribution in [1.82, 2.24) is 15.1 Å². The Labute approximate surface area is 131 Å². The normalized spacial score (nSPS) is 30.7. The molecule has 0 bridgehead atoms.